The van der Waals surface area contributed by atoms with Crippen LogP contribution in [0.15, 0.2) is 30.6 Å². The highest BCUT2D eigenvalue weighted by Crippen LogP contribution is 2.35. The van der Waals surface area contributed by atoms with Crippen LogP contribution in [0.2, 0.25) is 0 Å². The third-order valence-corrected chi connectivity index (χ3v) is 8.70. The number of carbonyl (C=O) groups is 1. The average molecular weight is 483 g/mol. The summed E-state index contributed by atoms with van der Waals surface area (Å²) in [4.78, 5) is 17.6. The quantitative estimate of drug-likeness (QED) is 0.447. The minimum absolute atomic E-state index is 0.0658. The molecule has 0 N–H and O–H groups in total. The summed E-state index contributed by atoms with van der Waals surface area (Å²) < 4.78 is 29.6. The number of rotatable bonds is 8. The highest BCUT2D eigenvalue weighted by Gasteiger charge is 2.40. The van der Waals surface area contributed by atoms with Gasteiger partial charge in [-0.05, 0) is 44.7 Å². The van der Waals surface area contributed by atoms with Gasteiger partial charge in [0.15, 0.2) is 5.65 Å². The van der Waals surface area contributed by atoms with Crippen molar-refractivity contribution in [1.29, 1.82) is 5.26 Å². The number of amides is 1. The Morgan fingerprint density at radius 1 is 1.29 bits per heavy atom. The van der Waals surface area contributed by atoms with Crippen molar-refractivity contribution in [2.45, 2.75) is 50.6 Å². The van der Waals surface area contributed by atoms with Crippen LogP contribution in [0.4, 0.5) is 5.95 Å². The lowest BCUT2D eigenvalue weighted by atomic mass is 9.85. The van der Waals surface area contributed by atoms with Crippen molar-refractivity contribution in [2.75, 3.05) is 23.7 Å². The zero-order chi connectivity index (χ0) is 23.9. The number of pyridine rings is 1. The number of hydrogen-bond donors (Lipinski definition) is 0. The number of hydrogen-bond acceptors (Lipinski definition) is 7. The van der Waals surface area contributed by atoms with Gasteiger partial charge in [0, 0.05) is 30.9 Å². The molecule has 3 aromatic heterocycles. The van der Waals surface area contributed by atoms with Gasteiger partial charge >= 0.3 is 0 Å². The Morgan fingerprint density at radius 3 is 2.71 bits per heavy atom. The van der Waals surface area contributed by atoms with Gasteiger partial charge in [0.1, 0.15) is 0 Å². The van der Waals surface area contributed by atoms with E-state index in [0.717, 1.165) is 30.5 Å². The zero-order valence-electron chi connectivity index (χ0n) is 18.9. The Kier molecular flexibility index (Phi) is 5.61. The fourth-order valence-corrected chi connectivity index (χ4v) is 5.69. The van der Waals surface area contributed by atoms with E-state index >= 15 is 0 Å². The SMILES string of the molecule is CCS(=O)(=O)N1CCC(CC#N)(n2cc(-c3cccc4nc(N(C=O)C5CC5)nn34)cn2)CC1. The Labute approximate surface area is 197 Å². The Hall–Kier alpha value is -3.30. The highest BCUT2D eigenvalue weighted by molar-refractivity contribution is 7.89. The molecule has 1 saturated carbocycles. The second-order valence-corrected chi connectivity index (χ2v) is 11.1. The van der Waals surface area contributed by atoms with Gasteiger partial charge < -0.3 is 0 Å². The van der Waals surface area contributed by atoms with Crippen LogP contribution in [0.3, 0.4) is 0 Å². The molecule has 0 aromatic carbocycles. The predicted octanol–water partition coefficient (Wildman–Crippen LogP) is 1.77. The lowest BCUT2D eigenvalue weighted by Crippen LogP contribution is -2.48. The van der Waals surface area contributed by atoms with E-state index in [-0.39, 0.29) is 18.2 Å². The summed E-state index contributed by atoms with van der Waals surface area (Å²) in [6, 6.07) is 8.05. The van der Waals surface area contributed by atoms with E-state index in [1.165, 1.54) is 4.31 Å². The van der Waals surface area contributed by atoms with Crippen molar-refractivity contribution in [3.8, 4) is 17.3 Å². The standard InChI is InChI=1S/C22H26N8O3S/c1-2-34(32,33)27-12-9-22(8-11-23,10-13-27)29-15-17(14-24-29)19-4-3-5-20-25-21(26-30(19)20)28(16-31)18-6-7-18/h3-5,14-16,18H,2,6-10,12-13H2,1H3. The van der Waals surface area contributed by atoms with E-state index in [2.05, 4.69) is 21.3 Å². The van der Waals surface area contributed by atoms with Crippen molar-refractivity contribution in [1.82, 2.24) is 28.7 Å². The molecule has 3 aromatic rings. The first kappa shape index (κ1) is 22.5. The number of carbonyl (C=O) groups excluding carboxylic acids is 1. The lowest BCUT2D eigenvalue weighted by molar-refractivity contribution is -0.107. The molecule has 0 spiro atoms. The number of piperidine rings is 1. The van der Waals surface area contributed by atoms with E-state index in [1.807, 2.05) is 24.4 Å². The number of fused-ring (bicyclic) bond motifs is 1. The van der Waals surface area contributed by atoms with Gasteiger partial charge in [0.2, 0.25) is 16.4 Å². The molecule has 0 radical (unpaired) electrons. The molecule has 178 valence electrons. The number of anilines is 1. The fourth-order valence-electron chi connectivity index (χ4n) is 4.58. The van der Waals surface area contributed by atoms with E-state index in [1.54, 1.807) is 27.2 Å². The Bertz CT molecular complexity index is 1360. The van der Waals surface area contributed by atoms with E-state index < -0.39 is 15.6 Å². The van der Waals surface area contributed by atoms with Crippen molar-refractivity contribution < 1.29 is 13.2 Å². The molecule has 34 heavy (non-hydrogen) atoms. The van der Waals surface area contributed by atoms with Crippen LogP contribution in [0, 0.1) is 11.3 Å². The molecule has 1 saturated heterocycles. The molecular weight excluding hydrogens is 456 g/mol. The Balaban J connectivity index is 1.46. The monoisotopic (exact) mass is 482 g/mol. The molecule has 1 aliphatic heterocycles. The molecule has 1 amide bonds. The normalized spacial score (nSPS) is 18.6. The predicted molar refractivity (Wildman–Crippen MR) is 124 cm³/mol. The first-order chi connectivity index (χ1) is 16.4. The maximum absolute atomic E-state index is 12.3. The van der Waals surface area contributed by atoms with Crippen LogP contribution in [0.25, 0.3) is 16.9 Å². The highest BCUT2D eigenvalue weighted by atomic mass is 32.2. The number of aromatic nitrogens is 5. The van der Waals surface area contributed by atoms with E-state index in [4.69, 9.17) is 0 Å². The zero-order valence-corrected chi connectivity index (χ0v) is 19.7. The van der Waals surface area contributed by atoms with E-state index in [0.29, 0.717) is 37.5 Å². The molecule has 0 atom stereocenters. The van der Waals surface area contributed by atoms with Crippen molar-refractivity contribution in [2.24, 2.45) is 0 Å². The molecule has 5 rings (SSSR count). The lowest BCUT2D eigenvalue weighted by Gasteiger charge is -2.40. The largest absolute Gasteiger partial charge is 0.279 e. The van der Waals surface area contributed by atoms with Gasteiger partial charge in [0.25, 0.3) is 5.95 Å². The third kappa shape index (κ3) is 3.84. The second kappa shape index (κ2) is 8.48. The minimum Gasteiger partial charge on any atom is -0.279 e. The smallest absolute Gasteiger partial charge is 0.252 e. The molecule has 1 aliphatic carbocycles. The molecule has 0 unspecified atom stereocenters. The summed E-state index contributed by atoms with van der Waals surface area (Å²) in [7, 11) is -3.27. The van der Waals surface area contributed by atoms with Crippen LogP contribution >= 0.6 is 0 Å². The minimum atomic E-state index is -3.27. The third-order valence-electron chi connectivity index (χ3n) is 6.82. The van der Waals surface area contributed by atoms with Crippen LogP contribution in [0.5, 0.6) is 0 Å². The molecule has 12 heteroatoms. The van der Waals surface area contributed by atoms with Gasteiger partial charge in [0.05, 0.1) is 35.7 Å². The summed E-state index contributed by atoms with van der Waals surface area (Å²) in [6.45, 7) is 2.36. The maximum Gasteiger partial charge on any atom is 0.252 e. The molecule has 2 aliphatic rings. The van der Waals surface area contributed by atoms with Crippen molar-refractivity contribution in [3.63, 3.8) is 0 Å². The molecule has 4 heterocycles. The van der Waals surface area contributed by atoms with Crippen LogP contribution < -0.4 is 4.90 Å². The average Bonchev–Trinajstić information content (AvgIpc) is 3.38. The van der Waals surface area contributed by atoms with Gasteiger partial charge in [-0.25, -0.2) is 17.2 Å². The second-order valence-electron chi connectivity index (χ2n) is 8.87. The van der Waals surface area contributed by atoms with E-state index in [9.17, 15) is 18.5 Å². The number of sulfonamides is 1. The Morgan fingerprint density at radius 2 is 2.06 bits per heavy atom. The van der Waals surface area contributed by atoms with Crippen molar-refractivity contribution >= 4 is 28.0 Å². The van der Waals surface area contributed by atoms with Crippen LogP contribution in [-0.2, 0) is 20.4 Å². The van der Waals surface area contributed by atoms with Crippen molar-refractivity contribution in [3.05, 3.63) is 30.6 Å². The summed E-state index contributed by atoms with van der Waals surface area (Å²) in [5.74, 6) is 0.443. The topological polar surface area (TPSA) is 129 Å². The molecule has 11 nitrogen and oxygen atoms in total. The summed E-state index contributed by atoms with van der Waals surface area (Å²) >= 11 is 0. The first-order valence-electron chi connectivity index (χ1n) is 11.4. The maximum atomic E-state index is 12.3. The fraction of sp³-hybridized carbons (Fsp3) is 0.500. The number of nitrogens with zero attached hydrogens (tertiary/aromatic N) is 8. The van der Waals surface area contributed by atoms with Gasteiger partial charge in [-0.15, -0.1) is 5.10 Å². The van der Waals surface area contributed by atoms with Gasteiger partial charge in [-0.3, -0.25) is 14.4 Å². The van der Waals surface area contributed by atoms with Gasteiger partial charge in [-0.2, -0.15) is 15.3 Å². The number of nitriles is 1. The first-order valence-corrected chi connectivity index (χ1v) is 13.0. The summed E-state index contributed by atoms with van der Waals surface area (Å²) in [5.41, 5.74) is 1.61. The summed E-state index contributed by atoms with van der Waals surface area (Å²) in [5, 5.41) is 18.7. The van der Waals surface area contributed by atoms with Gasteiger partial charge in [-0.1, -0.05) is 6.07 Å². The summed E-state index contributed by atoms with van der Waals surface area (Å²) in [6.07, 6.45) is 7.54. The molecular formula is C22H26N8O3S. The molecule has 2 fully saturated rings. The molecule has 0 bridgehead atoms. The van der Waals surface area contributed by atoms with Crippen LogP contribution in [-0.4, -0.2) is 68.4 Å². The van der Waals surface area contributed by atoms with Crippen LogP contribution in [0.1, 0.15) is 39.0 Å².